The summed E-state index contributed by atoms with van der Waals surface area (Å²) in [4.78, 5) is 73.2. The summed E-state index contributed by atoms with van der Waals surface area (Å²) in [6.07, 6.45) is 71.1. The second kappa shape index (κ2) is 78.3. The molecule has 0 aromatic heterocycles. The zero-order valence-corrected chi connectivity index (χ0v) is 71.5. The molecule has 3 N–H and O–H groups in total. The average Bonchev–Trinajstić information content (AvgIpc) is 0.902. The van der Waals surface area contributed by atoms with E-state index in [9.17, 15) is 43.2 Å². The molecule has 0 amide bonds. The molecular formula is C87H170O17P2. The number of ether oxygens (including phenoxy) is 4. The Morgan fingerprint density at radius 1 is 0.255 bits per heavy atom. The number of carbonyl (C=O) groups is 4. The van der Waals surface area contributed by atoms with E-state index in [0.717, 1.165) is 102 Å². The van der Waals surface area contributed by atoms with Crippen molar-refractivity contribution in [3.05, 3.63) is 0 Å². The van der Waals surface area contributed by atoms with Gasteiger partial charge in [0.15, 0.2) is 12.2 Å². The van der Waals surface area contributed by atoms with Gasteiger partial charge >= 0.3 is 39.5 Å². The maximum atomic E-state index is 13.2. The van der Waals surface area contributed by atoms with Crippen LogP contribution in [0.25, 0.3) is 0 Å². The average molecular weight is 1550 g/mol. The number of hydrogen-bond acceptors (Lipinski definition) is 15. The Labute approximate surface area is 651 Å². The first-order valence-electron chi connectivity index (χ1n) is 45.0. The van der Waals surface area contributed by atoms with Gasteiger partial charge in [0.25, 0.3) is 0 Å². The van der Waals surface area contributed by atoms with E-state index < -0.39 is 97.5 Å². The molecule has 0 saturated carbocycles. The van der Waals surface area contributed by atoms with E-state index in [0.29, 0.717) is 31.6 Å². The van der Waals surface area contributed by atoms with Crippen LogP contribution in [0.15, 0.2) is 0 Å². The van der Waals surface area contributed by atoms with Gasteiger partial charge in [-0.05, 0) is 37.5 Å². The number of phosphoric ester groups is 2. The van der Waals surface area contributed by atoms with Gasteiger partial charge in [-0.15, -0.1) is 0 Å². The van der Waals surface area contributed by atoms with Crippen LogP contribution in [0.1, 0.15) is 465 Å². The number of aliphatic hydroxyl groups is 1. The molecule has 0 aliphatic rings. The highest BCUT2D eigenvalue weighted by Gasteiger charge is 2.30. The molecule has 0 saturated heterocycles. The van der Waals surface area contributed by atoms with Crippen LogP contribution in [0.5, 0.6) is 0 Å². The predicted octanol–water partition coefficient (Wildman–Crippen LogP) is 26.6. The summed E-state index contributed by atoms with van der Waals surface area (Å²) in [5, 5.41) is 10.7. The van der Waals surface area contributed by atoms with Crippen molar-refractivity contribution in [1.82, 2.24) is 0 Å². The van der Waals surface area contributed by atoms with Crippen LogP contribution in [-0.4, -0.2) is 96.7 Å². The van der Waals surface area contributed by atoms with E-state index in [1.54, 1.807) is 0 Å². The molecular weight excluding hydrogens is 1380 g/mol. The maximum Gasteiger partial charge on any atom is 0.472 e. The van der Waals surface area contributed by atoms with Gasteiger partial charge in [-0.2, -0.15) is 0 Å². The summed E-state index contributed by atoms with van der Waals surface area (Å²) < 4.78 is 68.9. The van der Waals surface area contributed by atoms with E-state index in [1.165, 1.54) is 276 Å². The molecule has 0 aromatic rings. The Hall–Kier alpha value is -1.94. The lowest BCUT2D eigenvalue weighted by atomic mass is 10.0. The van der Waals surface area contributed by atoms with Crippen molar-refractivity contribution >= 4 is 39.5 Å². The zero-order valence-electron chi connectivity index (χ0n) is 69.7. The standard InChI is InChI=1S/C87H170O17P2/c1-7-9-11-13-15-17-19-21-23-25-27-29-31-33-35-37-42-46-52-59-65-71-86(91)103-82(75-97-84(89)69-63-57-51-45-41-36-34-32-30-28-26-24-22-20-18-16-14-12-10-8-2)77-101-105(93,94)99-73-81(88)74-100-106(95,96)102-78-83(76-98-85(90)70-64-58-54-48-50-56-62-68-80(5)6)104-87(92)72-66-60-53-47-43-39-38-40-44-49-55-61-67-79(3)4/h79-83,88H,7-78H2,1-6H3,(H,93,94)(H,95,96)/t81-,82-,83-/m1/s1. The van der Waals surface area contributed by atoms with Crippen molar-refractivity contribution in [2.24, 2.45) is 11.8 Å². The first-order chi connectivity index (χ1) is 51.4. The number of phosphoric acid groups is 2. The minimum atomic E-state index is -4.97. The van der Waals surface area contributed by atoms with Crippen LogP contribution in [0.3, 0.4) is 0 Å². The van der Waals surface area contributed by atoms with Gasteiger partial charge < -0.3 is 33.8 Å². The number of carbonyl (C=O) groups excluding carboxylic acids is 4. The summed E-state index contributed by atoms with van der Waals surface area (Å²) in [5.41, 5.74) is 0. The Balaban J connectivity index is 5.22. The summed E-state index contributed by atoms with van der Waals surface area (Å²) in [7, 11) is -9.93. The smallest absolute Gasteiger partial charge is 0.462 e. The third-order valence-electron chi connectivity index (χ3n) is 20.5. The van der Waals surface area contributed by atoms with Crippen molar-refractivity contribution in [3.8, 4) is 0 Å². The molecule has 0 radical (unpaired) electrons. The Kier molecular flexibility index (Phi) is 76.9. The van der Waals surface area contributed by atoms with Gasteiger partial charge in [0.2, 0.25) is 0 Å². The molecule has 0 spiro atoms. The lowest BCUT2D eigenvalue weighted by molar-refractivity contribution is -0.161. The van der Waals surface area contributed by atoms with Crippen molar-refractivity contribution in [2.75, 3.05) is 39.6 Å². The fraction of sp³-hybridized carbons (Fsp3) is 0.954. The van der Waals surface area contributed by atoms with E-state index in [4.69, 9.17) is 37.0 Å². The van der Waals surface area contributed by atoms with E-state index >= 15 is 0 Å². The molecule has 0 fully saturated rings. The molecule has 0 aliphatic heterocycles. The molecule has 630 valence electrons. The van der Waals surface area contributed by atoms with Gasteiger partial charge in [-0.1, -0.05) is 414 Å². The lowest BCUT2D eigenvalue weighted by Crippen LogP contribution is -2.30. The zero-order chi connectivity index (χ0) is 77.8. The van der Waals surface area contributed by atoms with Crippen LogP contribution in [-0.2, 0) is 65.4 Å². The van der Waals surface area contributed by atoms with Gasteiger partial charge in [-0.3, -0.25) is 37.3 Å². The molecule has 0 heterocycles. The molecule has 17 nitrogen and oxygen atoms in total. The summed E-state index contributed by atoms with van der Waals surface area (Å²) in [5.74, 6) is -0.622. The first-order valence-corrected chi connectivity index (χ1v) is 48.0. The van der Waals surface area contributed by atoms with Gasteiger partial charge in [0.05, 0.1) is 26.4 Å². The highest BCUT2D eigenvalue weighted by molar-refractivity contribution is 7.47. The van der Waals surface area contributed by atoms with Gasteiger partial charge in [0, 0.05) is 25.7 Å². The van der Waals surface area contributed by atoms with Gasteiger partial charge in [-0.25, -0.2) is 9.13 Å². The van der Waals surface area contributed by atoms with Crippen LogP contribution in [0.4, 0.5) is 0 Å². The van der Waals surface area contributed by atoms with Crippen molar-refractivity contribution in [1.29, 1.82) is 0 Å². The second-order valence-corrected chi connectivity index (χ2v) is 35.1. The molecule has 0 rings (SSSR count). The maximum absolute atomic E-state index is 13.2. The fourth-order valence-electron chi connectivity index (χ4n) is 13.6. The summed E-state index contributed by atoms with van der Waals surface area (Å²) >= 11 is 0. The highest BCUT2D eigenvalue weighted by atomic mass is 31.2. The topological polar surface area (TPSA) is 237 Å². The number of hydrogen-bond donors (Lipinski definition) is 3. The fourth-order valence-corrected chi connectivity index (χ4v) is 15.2. The minimum Gasteiger partial charge on any atom is -0.462 e. The van der Waals surface area contributed by atoms with Crippen LogP contribution < -0.4 is 0 Å². The van der Waals surface area contributed by atoms with E-state index in [-0.39, 0.29) is 25.7 Å². The lowest BCUT2D eigenvalue weighted by Gasteiger charge is -2.21. The molecule has 5 atom stereocenters. The van der Waals surface area contributed by atoms with Crippen molar-refractivity contribution in [2.45, 2.75) is 484 Å². The quantitative estimate of drug-likeness (QED) is 0.0222. The largest absolute Gasteiger partial charge is 0.472 e. The van der Waals surface area contributed by atoms with Crippen LogP contribution >= 0.6 is 15.6 Å². The number of rotatable bonds is 86. The molecule has 0 bridgehead atoms. The third kappa shape index (κ3) is 80.1. The Morgan fingerprint density at radius 2 is 0.434 bits per heavy atom. The van der Waals surface area contributed by atoms with E-state index in [2.05, 4.69) is 41.5 Å². The highest BCUT2D eigenvalue weighted by Crippen LogP contribution is 2.45. The van der Waals surface area contributed by atoms with Gasteiger partial charge in [0.1, 0.15) is 19.3 Å². The second-order valence-electron chi connectivity index (χ2n) is 32.2. The minimum absolute atomic E-state index is 0.106. The normalized spacial score (nSPS) is 13.8. The Bertz CT molecular complexity index is 2030. The molecule has 0 aliphatic carbocycles. The van der Waals surface area contributed by atoms with Crippen molar-refractivity contribution in [3.63, 3.8) is 0 Å². The number of esters is 4. The molecule has 106 heavy (non-hydrogen) atoms. The number of aliphatic hydroxyl groups excluding tert-OH is 1. The van der Waals surface area contributed by atoms with Crippen molar-refractivity contribution < 1.29 is 80.2 Å². The number of unbranched alkanes of at least 4 members (excludes halogenated alkanes) is 56. The van der Waals surface area contributed by atoms with Crippen LogP contribution in [0.2, 0.25) is 0 Å². The summed E-state index contributed by atoms with van der Waals surface area (Å²) in [6, 6.07) is 0. The molecule has 19 heteroatoms. The van der Waals surface area contributed by atoms with E-state index in [1.807, 2.05) is 0 Å². The predicted molar refractivity (Wildman–Crippen MR) is 437 cm³/mol. The summed E-state index contributed by atoms with van der Waals surface area (Å²) in [6.45, 7) is 9.62. The third-order valence-corrected chi connectivity index (χ3v) is 22.4. The monoisotopic (exact) mass is 1550 g/mol. The first kappa shape index (κ1) is 104. The van der Waals surface area contributed by atoms with Crippen LogP contribution in [0, 0.1) is 11.8 Å². The molecule has 2 unspecified atom stereocenters. The molecule has 0 aromatic carbocycles. The Morgan fingerprint density at radius 3 is 0.642 bits per heavy atom. The SMILES string of the molecule is CCCCCCCCCCCCCCCCCCCCCCCC(=O)O[C@H](COC(=O)CCCCCCCCCCCCCCCCCCCCCC)COP(=O)(O)OC[C@@H](O)COP(=O)(O)OC[C@@H](COC(=O)CCCCCCCCCC(C)C)OC(=O)CCCCCCCCCCCCCCC(C)C.